The van der Waals surface area contributed by atoms with Crippen molar-refractivity contribution in [1.29, 1.82) is 0 Å². The summed E-state index contributed by atoms with van der Waals surface area (Å²) < 4.78 is 5.53. The highest BCUT2D eigenvalue weighted by molar-refractivity contribution is 5.78. The molecule has 0 aliphatic carbocycles. The molecule has 2 N–H and O–H groups in total. The maximum atomic E-state index is 6.11. The quantitative estimate of drug-likeness (QED) is 0.617. The SMILES string of the molecule is CC(C)CN1CCC(CN=C(N)N2CCOC(C)C2)C1. The second-order valence-electron chi connectivity index (χ2n) is 6.63. The van der Waals surface area contributed by atoms with Gasteiger partial charge in [-0.3, -0.25) is 4.99 Å². The predicted molar refractivity (Wildman–Crippen MR) is 82.9 cm³/mol. The minimum absolute atomic E-state index is 0.255. The number of aliphatic imine (C=N–C) groups is 1. The lowest BCUT2D eigenvalue weighted by atomic mass is 10.1. The van der Waals surface area contributed by atoms with E-state index in [1.165, 1.54) is 26.1 Å². The van der Waals surface area contributed by atoms with E-state index in [-0.39, 0.29) is 6.10 Å². The maximum absolute atomic E-state index is 6.11. The Morgan fingerprint density at radius 1 is 1.35 bits per heavy atom. The highest BCUT2D eigenvalue weighted by atomic mass is 16.5. The number of guanidine groups is 1. The lowest BCUT2D eigenvalue weighted by Gasteiger charge is -2.32. The molecule has 0 aromatic rings. The van der Waals surface area contributed by atoms with Crippen LogP contribution in [-0.4, -0.2) is 67.7 Å². The first kappa shape index (κ1) is 15.6. The van der Waals surface area contributed by atoms with Crippen molar-refractivity contribution in [3.8, 4) is 0 Å². The Kier molecular flexibility index (Phi) is 5.66. The molecule has 0 amide bonds. The molecular weight excluding hydrogens is 252 g/mol. The standard InChI is InChI=1S/C15H30N4O/c1-12(2)9-18-5-4-14(11-18)8-17-15(16)19-6-7-20-13(3)10-19/h12-14H,4-11H2,1-3H3,(H2,16,17). The van der Waals surface area contributed by atoms with Gasteiger partial charge in [-0.1, -0.05) is 13.8 Å². The van der Waals surface area contributed by atoms with Crippen LogP contribution in [0.4, 0.5) is 0 Å². The Bertz CT molecular complexity index is 332. The lowest BCUT2D eigenvalue weighted by molar-refractivity contribution is 0.00528. The summed E-state index contributed by atoms with van der Waals surface area (Å²) in [5.41, 5.74) is 6.11. The summed E-state index contributed by atoms with van der Waals surface area (Å²) in [6.07, 6.45) is 1.51. The van der Waals surface area contributed by atoms with Crippen molar-refractivity contribution in [2.24, 2.45) is 22.6 Å². The molecule has 2 atom stereocenters. The number of hydrogen-bond acceptors (Lipinski definition) is 3. The van der Waals surface area contributed by atoms with Crippen molar-refractivity contribution in [3.63, 3.8) is 0 Å². The number of rotatable bonds is 4. The van der Waals surface area contributed by atoms with Gasteiger partial charge >= 0.3 is 0 Å². The fraction of sp³-hybridized carbons (Fsp3) is 0.933. The summed E-state index contributed by atoms with van der Waals surface area (Å²) in [5.74, 6) is 2.12. The molecule has 0 aromatic carbocycles. The summed E-state index contributed by atoms with van der Waals surface area (Å²) in [4.78, 5) is 9.32. The summed E-state index contributed by atoms with van der Waals surface area (Å²) in [7, 11) is 0. The van der Waals surface area contributed by atoms with Crippen molar-refractivity contribution in [2.45, 2.75) is 33.3 Å². The second-order valence-corrected chi connectivity index (χ2v) is 6.63. The zero-order valence-electron chi connectivity index (χ0n) is 13.2. The first-order chi connectivity index (χ1) is 9.54. The molecule has 0 saturated carbocycles. The second kappa shape index (κ2) is 7.27. The average Bonchev–Trinajstić information content (AvgIpc) is 2.82. The monoisotopic (exact) mass is 282 g/mol. The molecule has 2 fully saturated rings. The van der Waals surface area contributed by atoms with Crippen LogP contribution in [0.3, 0.4) is 0 Å². The van der Waals surface area contributed by atoms with Crippen LogP contribution in [0.1, 0.15) is 27.2 Å². The molecule has 116 valence electrons. The Hall–Kier alpha value is -0.810. The van der Waals surface area contributed by atoms with Gasteiger partial charge in [0, 0.05) is 32.7 Å². The van der Waals surface area contributed by atoms with Gasteiger partial charge in [0.15, 0.2) is 5.96 Å². The fourth-order valence-electron chi connectivity index (χ4n) is 3.09. The first-order valence-electron chi connectivity index (χ1n) is 7.93. The Morgan fingerprint density at radius 2 is 2.15 bits per heavy atom. The maximum Gasteiger partial charge on any atom is 0.191 e. The Labute approximate surface area is 123 Å². The van der Waals surface area contributed by atoms with Crippen molar-refractivity contribution in [3.05, 3.63) is 0 Å². The molecule has 2 aliphatic rings. The molecule has 2 rings (SSSR count). The van der Waals surface area contributed by atoms with Crippen molar-refractivity contribution in [2.75, 3.05) is 45.9 Å². The fourth-order valence-corrected chi connectivity index (χ4v) is 3.09. The molecule has 5 heteroatoms. The number of morpholine rings is 1. The normalized spacial score (nSPS) is 29.4. The van der Waals surface area contributed by atoms with Gasteiger partial charge in [0.1, 0.15) is 0 Å². The van der Waals surface area contributed by atoms with Crippen LogP contribution in [0.15, 0.2) is 4.99 Å². The van der Waals surface area contributed by atoms with E-state index in [4.69, 9.17) is 10.5 Å². The lowest BCUT2D eigenvalue weighted by Crippen LogP contribution is -2.48. The van der Waals surface area contributed by atoms with Crippen LogP contribution >= 0.6 is 0 Å². The molecule has 2 heterocycles. The van der Waals surface area contributed by atoms with E-state index in [1.807, 2.05) is 0 Å². The molecule has 0 bridgehead atoms. The number of ether oxygens (including phenoxy) is 1. The van der Waals surface area contributed by atoms with E-state index in [0.29, 0.717) is 11.9 Å². The van der Waals surface area contributed by atoms with Crippen LogP contribution in [0.5, 0.6) is 0 Å². The summed E-state index contributed by atoms with van der Waals surface area (Å²) in [6, 6.07) is 0. The van der Waals surface area contributed by atoms with Gasteiger partial charge in [-0.2, -0.15) is 0 Å². The first-order valence-corrected chi connectivity index (χ1v) is 7.93. The van der Waals surface area contributed by atoms with Crippen LogP contribution < -0.4 is 5.73 Å². The molecular formula is C15H30N4O. The molecule has 2 unspecified atom stereocenters. The van der Waals surface area contributed by atoms with Gasteiger partial charge in [0.05, 0.1) is 12.7 Å². The van der Waals surface area contributed by atoms with E-state index < -0.39 is 0 Å². The zero-order valence-corrected chi connectivity index (χ0v) is 13.2. The number of likely N-dealkylation sites (tertiary alicyclic amines) is 1. The van der Waals surface area contributed by atoms with E-state index in [2.05, 4.69) is 35.6 Å². The van der Waals surface area contributed by atoms with E-state index in [0.717, 1.165) is 32.2 Å². The number of hydrogen-bond donors (Lipinski definition) is 1. The third kappa shape index (κ3) is 4.63. The molecule has 2 aliphatic heterocycles. The van der Waals surface area contributed by atoms with Gasteiger partial charge in [-0.25, -0.2) is 0 Å². The van der Waals surface area contributed by atoms with Gasteiger partial charge in [-0.15, -0.1) is 0 Å². The molecule has 0 aromatic heterocycles. The Morgan fingerprint density at radius 3 is 2.85 bits per heavy atom. The van der Waals surface area contributed by atoms with Gasteiger partial charge < -0.3 is 20.3 Å². The van der Waals surface area contributed by atoms with Gasteiger partial charge in [0.2, 0.25) is 0 Å². The van der Waals surface area contributed by atoms with E-state index in [9.17, 15) is 0 Å². The van der Waals surface area contributed by atoms with Crippen molar-refractivity contribution >= 4 is 5.96 Å². The van der Waals surface area contributed by atoms with Crippen LogP contribution in [0.2, 0.25) is 0 Å². The summed E-state index contributed by atoms with van der Waals surface area (Å²) >= 11 is 0. The minimum Gasteiger partial charge on any atom is -0.375 e. The van der Waals surface area contributed by atoms with Crippen LogP contribution in [0, 0.1) is 11.8 Å². The predicted octanol–water partition coefficient (Wildman–Crippen LogP) is 1.000. The highest BCUT2D eigenvalue weighted by Crippen LogP contribution is 2.17. The topological polar surface area (TPSA) is 54.1 Å². The number of nitrogens with zero attached hydrogens (tertiary/aromatic N) is 3. The largest absolute Gasteiger partial charge is 0.375 e. The highest BCUT2D eigenvalue weighted by Gasteiger charge is 2.23. The molecule has 2 saturated heterocycles. The third-order valence-electron chi connectivity index (χ3n) is 4.07. The van der Waals surface area contributed by atoms with Gasteiger partial charge in [0.25, 0.3) is 0 Å². The minimum atomic E-state index is 0.255. The van der Waals surface area contributed by atoms with Crippen molar-refractivity contribution in [1.82, 2.24) is 9.80 Å². The third-order valence-corrected chi connectivity index (χ3v) is 4.07. The molecule has 5 nitrogen and oxygen atoms in total. The average molecular weight is 282 g/mol. The Balaban J connectivity index is 1.75. The molecule has 20 heavy (non-hydrogen) atoms. The number of nitrogens with two attached hydrogens (primary N) is 1. The molecule has 0 radical (unpaired) electrons. The van der Waals surface area contributed by atoms with Crippen LogP contribution in [-0.2, 0) is 4.74 Å². The smallest absolute Gasteiger partial charge is 0.191 e. The van der Waals surface area contributed by atoms with Crippen LogP contribution in [0.25, 0.3) is 0 Å². The summed E-state index contributed by atoms with van der Waals surface area (Å²) in [6.45, 7) is 13.6. The van der Waals surface area contributed by atoms with Gasteiger partial charge in [-0.05, 0) is 31.7 Å². The molecule has 0 spiro atoms. The zero-order chi connectivity index (χ0) is 14.5. The summed E-state index contributed by atoms with van der Waals surface area (Å²) in [5, 5.41) is 0. The van der Waals surface area contributed by atoms with E-state index >= 15 is 0 Å². The van der Waals surface area contributed by atoms with Crippen molar-refractivity contribution < 1.29 is 4.74 Å². The van der Waals surface area contributed by atoms with E-state index in [1.54, 1.807) is 0 Å².